The largest absolute Gasteiger partial charge is 0.459 e. The molecule has 0 N–H and O–H groups in total. The van der Waals surface area contributed by atoms with Crippen LogP contribution in [0.25, 0.3) is 0 Å². The monoisotopic (exact) mass is 196 g/mol. The summed E-state index contributed by atoms with van der Waals surface area (Å²) >= 11 is 0. The van der Waals surface area contributed by atoms with Gasteiger partial charge in [0.1, 0.15) is 5.60 Å². The predicted octanol–water partition coefficient (Wildman–Crippen LogP) is 2.91. The molecular weight excluding hydrogens is 176 g/mol. The topological polar surface area (TPSA) is 26.3 Å². The first kappa shape index (κ1) is 10.0. The Bertz CT molecular complexity index is 220. The van der Waals surface area contributed by atoms with Crippen molar-refractivity contribution in [1.82, 2.24) is 0 Å². The third kappa shape index (κ3) is 1.67. The molecule has 0 amide bonds. The van der Waals surface area contributed by atoms with Crippen LogP contribution in [0.1, 0.15) is 52.4 Å². The van der Waals surface area contributed by atoms with Crippen molar-refractivity contribution >= 4 is 5.97 Å². The summed E-state index contributed by atoms with van der Waals surface area (Å²) in [6.07, 6.45) is 7.87. The van der Waals surface area contributed by atoms with Crippen molar-refractivity contribution in [3.8, 4) is 0 Å². The number of fused-ring (bicyclic) bond motifs is 1. The summed E-state index contributed by atoms with van der Waals surface area (Å²) in [6.45, 7) is 3.65. The SMILES string of the molecule is CC(=O)OC1(C)C2CCCCCCC21. The van der Waals surface area contributed by atoms with Crippen molar-refractivity contribution in [2.24, 2.45) is 11.8 Å². The molecule has 2 fully saturated rings. The molecule has 0 heterocycles. The third-order valence-electron chi connectivity index (χ3n) is 3.99. The van der Waals surface area contributed by atoms with Gasteiger partial charge in [0.15, 0.2) is 0 Å². The molecule has 14 heavy (non-hydrogen) atoms. The van der Waals surface area contributed by atoms with E-state index in [0.717, 1.165) is 0 Å². The van der Waals surface area contributed by atoms with Crippen LogP contribution in [0.3, 0.4) is 0 Å². The lowest BCUT2D eigenvalue weighted by molar-refractivity contribution is -0.149. The third-order valence-corrected chi connectivity index (χ3v) is 3.99. The summed E-state index contributed by atoms with van der Waals surface area (Å²) in [6, 6.07) is 0. The van der Waals surface area contributed by atoms with Crippen molar-refractivity contribution in [3.63, 3.8) is 0 Å². The highest BCUT2D eigenvalue weighted by Gasteiger charge is 2.63. The maximum absolute atomic E-state index is 11.0. The first-order valence-corrected chi connectivity index (χ1v) is 5.84. The van der Waals surface area contributed by atoms with Crippen molar-refractivity contribution in [2.75, 3.05) is 0 Å². The molecule has 2 unspecified atom stereocenters. The van der Waals surface area contributed by atoms with E-state index in [9.17, 15) is 4.79 Å². The fourth-order valence-electron chi connectivity index (χ4n) is 3.19. The van der Waals surface area contributed by atoms with Gasteiger partial charge < -0.3 is 4.74 Å². The molecule has 0 radical (unpaired) electrons. The van der Waals surface area contributed by atoms with Crippen LogP contribution in [0.5, 0.6) is 0 Å². The van der Waals surface area contributed by atoms with Gasteiger partial charge in [-0.15, -0.1) is 0 Å². The Morgan fingerprint density at radius 3 is 2.07 bits per heavy atom. The molecule has 0 aromatic rings. The molecular formula is C12H20O2. The van der Waals surface area contributed by atoms with Gasteiger partial charge in [0.05, 0.1) is 0 Å². The number of hydrogen-bond acceptors (Lipinski definition) is 2. The molecule has 0 aromatic carbocycles. The lowest BCUT2D eigenvalue weighted by Gasteiger charge is -2.12. The summed E-state index contributed by atoms with van der Waals surface area (Å²) < 4.78 is 5.47. The molecule has 0 spiro atoms. The van der Waals surface area contributed by atoms with Gasteiger partial charge in [-0.3, -0.25) is 4.79 Å². The summed E-state index contributed by atoms with van der Waals surface area (Å²) in [4.78, 5) is 11.0. The number of rotatable bonds is 1. The predicted molar refractivity (Wildman–Crippen MR) is 54.9 cm³/mol. The number of ether oxygens (including phenoxy) is 1. The van der Waals surface area contributed by atoms with Gasteiger partial charge >= 0.3 is 5.97 Å². The molecule has 0 aromatic heterocycles. The minimum atomic E-state index is -0.112. The van der Waals surface area contributed by atoms with Gasteiger partial charge in [0.2, 0.25) is 0 Å². The van der Waals surface area contributed by atoms with Crippen molar-refractivity contribution in [1.29, 1.82) is 0 Å². The second kappa shape index (κ2) is 3.56. The van der Waals surface area contributed by atoms with Crippen molar-refractivity contribution < 1.29 is 9.53 Å². The molecule has 2 heteroatoms. The minimum Gasteiger partial charge on any atom is -0.459 e. The van der Waals surface area contributed by atoms with Gasteiger partial charge in [0, 0.05) is 18.8 Å². The maximum Gasteiger partial charge on any atom is 0.303 e. The number of carbonyl (C=O) groups is 1. The zero-order chi connectivity index (χ0) is 10.2. The highest BCUT2D eigenvalue weighted by molar-refractivity contribution is 5.67. The van der Waals surface area contributed by atoms with E-state index in [0.29, 0.717) is 11.8 Å². The Labute approximate surface area is 86.0 Å². The van der Waals surface area contributed by atoms with Crippen LogP contribution in [0.15, 0.2) is 0 Å². The van der Waals surface area contributed by atoms with E-state index < -0.39 is 0 Å². The van der Waals surface area contributed by atoms with Gasteiger partial charge in [-0.05, 0) is 19.8 Å². The normalized spacial score (nSPS) is 41.9. The molecule has 2 atom stereocenters. The van der Waals surface area contributed by atoms with Crippen molar-refractivity contribution in [3.05, 3.63) is 0 Å². The average Bonchev–Trinajstić information content (AvgIpc) is 2.49. The molecule has 2 aliphatic carbocycles. The highest BCUT2D eigenvalue weighted by atomic mass is 16.6. The maximum atomic E-state index is 11.0. The van der Waals surface area contributed by atoms with Gasteiger partial charge in [0.25, 0.3) is 0 Å². The van der Waals surface area contributed by atoms with E-state index in [2.05, 4.69) is 6.92 Å². The van der Waals surface area contributed by atoms with Crippen LogP contribution >= 0.6 is 0 Å². The molecule has 0 saturated heterocycles. The second-order valence-corrected chi connectivity index (χ2v) is 4.98. The van der Waals surface area contributed by atoms with E-state index in [-0.39, 0.29) is 11.6 Å². The quantitative estimate of drug-likeness (QED) is 0.603. The van der Waals surface area contributed by atoms with Crippen LogP contribution in [-0.4, -0.2) is 11.6 Å². The lowest BCUT2D eigenvalue weighted by atomic mass is 10.0. The van der Waals surface area contributed by atoms with E-state index in [1.165, 1.54) is 45.4 Å². The Hall–Kier alpha value is -0.530. The average molecular weight is 196 g/mol. The van der Waals surface area contributed by atoms with Crippen LogP contribution in [0, 0.1) is 11.8 Å². The number of carbonyl (C=O) groups excluding carboxylic acids is 1. The zero-order valence-corrected chi connectivity index (χ0v) is 9.21. The molecule has 2 nitrogen and oxygen atoms in total. The van der Waals surface area contributed by atoms with Crippen LogP contribution in [0.4, 0.5) is 0 Å². The summed E-state index contributed by atoms with van der Waals surface area (Å²) in [5.41, 5.74) is -0.101. The fraction of sp³-hybridized carbons (Fsp3) is 0.917. The molecule has 0 aliphatic heterocycles. The van der Waals surface area contributed by atoms with E-state index in [1.807, 2.05) is 0 Å². The van der Waals surface area contributed by atoms with E-state index >= 15 is 0 Å². The standard InChI is InChI=1S/C12H20O2/c1-9(13)14-12(2)10-7-5-3-4-6-8-11(10)12/h10-11H,3-8H2,1-2H3. The van der Waals surface area contributed by atoms with Gasteiger partial charge in [-0.25, -0.2) is 0 Å². The first-order chi connectivity index (χ1) is 6.64. The van der Waals surface area contributed by atoms with E-state index in [4.69, 9.17) is 4.74 Å². The summed E-state index contributed by atoms with van der Waals surface area (Å²) in [7, 11) is 0. The number of esters is 1. The molecule has 2 aliphatic rings. The van der Waals surface area contributed by atoms with E-state index in [1.54, 1.807) is 0 Å². The Morgan fingerprint density at radius 2 is 1.64 bits per heavy atom. The zero-order valence-electron chi connectivity index (χ0n) is 9.21. The molecule has 0 bridgehead atoms. The van der Waals surface area contributed by atoms with Crippen LogP contribution < -0.4 is 0 Å². The first-order valence-electron chi connectivity index (χ1n) is 5.84. The Kier molecular flexibility index (Phi) is 2.54. The molecule has 2 rings (SSSR count). The Balaban J connectivity index is 1.98. The van der Waals surface area contributed by atoms with Crippen LogP contribution in [0.2, 0.25) is 0 Å². The van der Waals surface area contributed by atoms with Gasteiger partial charge in [-0.1, -0.05) is 25.7 Å². The number of hydrogen-bond donors (Lipinski definition) is 0. The minimum absolute atomic E-state index is 0.101. The highest BCUT2D eigenvalue weighted by Crippen LogP contribution is 2.58. The smallest absolute Gasteiger partial charge is 0.303 e. The van der Waals surface area contributed by atoms with Gasteiger partial charge in [-0.2, -0.15) is 0 Å². The Morgan fingerprint density at radius 1 is 1.14 bits per heavy atom. The summed E-state index contributed by atoms with van der Waals surface area (Å²) in [5, 5.41) is 0. The van der Waals surface area contributed by atoms with Crippen LogP contribution in [-0.2, 0) is 9.53 Å². The second-order valence-electron chi connectivity index (χ2n) is 4.98. The molecule has 80 valence electrons. The fourth-order valence-corrected chi connectivity index (χ4v) is 3.19. The molecule has 2 saturated carbocycles. The van der Waals surface area contributed by atoms with Crippen molar-refractivity contribution in [2.45, 2.75) is 58.0 Å². The lowest BCUT2D eigenvalue weighted by Crippen LogP contribution is -2.17. The summed E-state index contributed by atoms with van der Waals surface area (Å²) in [5.74, 6) is 1.21.